The van der Waals surface area contributed by atoms with Crippen LogP contribution in [-0.2, 0) is 6.42 Å². The Morgan fingerprint density at radius 2 is 2.29 bits per heavy atom. The lowest BCUT2D eigenvalue weighted by molar-refractivity contribution is 0.562. The normalized spacial score (nSPS) is 19.6. The summed E-state index contributed by atoms with van der Waals surface area (Å²) < 4.78 is 14.2. The van der Waals surface area contributed by atoms with Gasteiger partial charge in [0.2, 0.25) is 0 Å². The van der Waals surface area contributed by atoms with E-state index in [4.69, 9.17) is 0 Å². The van der Waals surface area contributed by atoms with Gasteiger partial charge in [-0.3, -0.25) is 0 Å². The maximum absolute atomic E-state index is 14.2. The van der Waals surface area contributed by atoms with Crippen molar-refractivity contribution in [3.8, 4) is 0 Å². The molecule has 0 aliphatic carbocycles. The second-order valence-electron chi connectivity index (χ2n) is 4.24. The minimum absolute atomic E-state index is 0.260. The second-order valence-corrected chi connectivity index (χ2v) is 4.24. The van der Waals surface area contributed by atoms with Gasteiger partial charge in [0.25, 0.3) is 0 Å². The predicted octanol–water partition coefficient (Wildman–Crippen LogP) is 1.37. The van der Waals surface area contributed by atoms with Crippen molar-refractivity contribution in [1.29, 1.82) is 0 Å². The van der Waals surface area contributed by atoms with E-state index in [1.54, 1.807) is 0 Å². The Kier molecular flexibility index (Phi) is 3.89. The molecule has 0 bridgehead atoms. The molecule has 0 amide bonds. The molecule has 1 saturated heterocycles. The van der Waals surface area contributed by atoms with Gasteiger partial charge in [0.05, 0.1) is 5.69 Å². The summed E-state index contributed by atoms with van der Waals surface area (Å²) in [4.78, 5) is 10.1. The molecule has 1 N–H and O–H groups in total. The first-order valence-electron chi connectivity index (χ1n) is 6.24. The molecule has 4 nitrogen and oxygen atoms in total. The monoisotopic (exact) mass is 238 g/mol. The number of aryl methyl sites for hydroxylation is 1. The smallest absolute Gasteiger partial charge is 0.187 e. The molecule has 0 spiro atoms. The predicted molar refractivity (Wildman–Crippen MR) is 65.7 cm³/mol. The first-order valence-corrected chi connectivity index (χ1v) is 6.24. The molecule has 2 rings (SSSR count). The number of anilines is 1. The number of aromatic nitrogens is 2. The largest absolute Gasteiger partial charge is 0.350 e. The molecule has 1 atom stereocenters. The summed E-state index contributed by atoms with van der Waals surface area (Å²) in [5.74, 6) is 0.191. The summed E-state index contributed by atoms with van der Waals surface area (Å²) in [5.41, 5.74) is 0.499. The van der Waals surface area contributed by atoms with E-state index in [9.17, 15) is 4.39 Å². The summed E-state index contributed by atoms with van der Waals surface area (Å²) in [6, 6.07) is 0.342. The van der Waals surface area contributed by atoms with Crippen LogP contribution in [0.25, 0.3) is 0 Å². The Morgan fingerprint density at radius 3 is 2.88 bits per heavy atom. The summed E-state index contributed by atoms with van der Waals surface area (Å²) >= 11 is 0. The average molecular weight is 238 g/mol. The third-order valence-electron chi connectivity index (χ3n) is 3.27. The maximum Gasteiger partial charge on any atom is 0.187 e. The maximum atomic E-state index is 14.2. The van der Waals surface area contributed by atoms with E-state index in [0.29, 0.717) is 24.0 Å². The van der Waals surface area contributed by atoms with Gasteiger partial charge in [-0.2, -0.15) is 0 Å². The van der Waals surface area contributed by atoms with Crippen molar-refractivity contribution in [3.05, 3.63) is 17.8 Å². The van der Waals surface area contributed by atoms with Crippen LogP contribution < -0.4 is 10.2 Å². The number of hydrogen-bond donors (Lipinski definition) is 1. The van der Waals surface area contributed by atoms with Gasteiger partial charge >= 0.3 is 0 Å². The van der Waals surface area contributed by atoms with E-state index in [1.165, 1.54) is 6.33 Å². The molecule has 1 aliphatic heterocycles. The molecule has 94 valence electrons. The fraction of sp³-hybridized carbons (Fsp3) is 0.667. The highest BCUT2D eigenvalue weighted by Crippen LogP contribution is 2.22. The van der Waals surface area contributed by atoms with Crippen molar-refractivity contribution in [2.24, 2.45) is 0 Å². The number of hydrogen-bond acceptors (Lipinski definition) is 4. The summed E-state index contributed by atoms with van der Waals surface area (Å²) in [5, 5.41) is 3.30. The Bertz CT molecular complexity index is 377. The molecule has 17 heavy (non-hydrogen) atoms. The third kappa shape index (κ3) is 2.39. The van der Waals surface area contributed by atoms with Crippen LogP contribution in [0, 0.1) is 5.82 Å². The molecule has 1 aromatic rings. The number of halogens is 1. The van der Waals surface area contributed by atoms with Crippen LogP contribution in [0.3, 0.4) is 0 Å². The van der Waals surface area contributed by atoms with E-state index < -0.39 is 0 Å². The lowest BCUT2D eigenvalue weighted by Crippen LogP contribution is -2.38. The molecule has 5 heteroatoms. The third-order valence-corrected chi connectivity index (χ3v) is 3.27. The van der Waals surface area contributed by atoms with E-state index >= 15 is 0 Å². The van der Waals surface area contributed by atoms with Crippen molar-refractivity contribution in [3.63, 3.8) is 0 Å². The van der Waals surface area contributed by atoms with Crippen LogP contribution in [-0.4, -0.2) is 35.6 Å². The first kappa shape index (κ1) is 12.2. The molecular weight excluding hydrogens is 219 g/mol. The quantitative estimate of drug-likeness (QED) is 0.860. The van der Waals surface area contributed by atoms with Gasteiger partial charge < -0.3 is 10.2 Å². The lowest BCUT2D eigenvalue weighted by Gasteiger charge is -2.28. The molecule has 1 aliphatic rings. The molecule has 2 heterocycles. The van der Waals surface area contributed by atoms with Crippen LogP contribution in [0.15, 0.2) is 6.33 Å². The number of likely N-dealkylation sites (N-methyl/N-ethyl adjacent to an activating group) is 1. The van der Waals surface area contributed by atoms with Crippen molar-refractivity contribution in [2.45, 2.75) is 32.7 Å². The van der Waals surface area contributed by atoms with Gasteiger partial charge in [-0.1, -0.05) is 6.92 Å². The molecule has 0 aromatic carbocycles. The van der Waals surface area contributed by atoms with E-state index in [1.807, 2.05) is 18.7 Å². The van der Waals surface area contributed by atoms with Gasteiger partial charge in [0.15, 0.2) is 11.6 Å². The molecule has 1 aromatic heterocycles. The second kappa shape index (κ2) is 5.40. The first-order chi connectivity index (χ1) is 8.27. The van der Waals surface area contributed by atoms with Crippen LogP contribution in [0.1, 0.15) is 26.0 Å². The van der Waals surface area contributed by atoms with Crippen LogP contribution >= 0.6 is 0 Å². The molecule has 1 fully saturated rings. The van der Waals surface area contributed by atoms with E-state index in [0.717, 1.165) is 26.1 Å². The zero-order valence-electron chi connectivity index (χ0n) is 10.4. The van der Waals surface area contributed by atoms with Gasteiger partial charge in [-0.25, -0.2) is 14.4 Å². The fourth-order valence-corrected chi connectivity index (χ4v) is 2.33. The zero-order valence-corrected chi connectivity index (χ0v) is 10.4. The molecule has 0 radical (unpaired) electrons. The highest BCUT2D eigenvalue weighted by Gasteiger charge is 2.25. The Balaban J connectivity index is 2.29. The Morgan fingerprint density at radius 1 is 1.47 bits per heavy atom. The van der Waals surface area contributed by atoms with Gasteiger partial charge in [-0.05, 0) is 26.3 Å². The molecule has 0 saturated carbocycles. The number of rotatable bonds is 4. The van der Waals surface area contributed by atoms with Crippen molar-refractivity contribution in [2.75, 3.05) is 24.5 Å². The minimum Gasteiger partial charge on any atom is -0.350 e. The van der Waals surface area contributed by atoms with Crippen LogP contribution in [0.2, 0.25) is 0 Å². The van der Waals surface area contributed by atoms with Gasteiger partial charge in [0.1, 0.15) is 6.33 Å². The number of nitrogens with one attached hydrogen (secondary N) is 1. The van der Waals surface area contributed by atoms with Crippen molar-refractivity contribution in [1.82, 2.24) is 15.3 Å². The van der Waals surface area contributed by atoms with Crippen LogP contribution in [0.5, 0.6) is 0 Å². The Hall–Kier alpha value is -1.23. The lowest BCUT2D eigenvalue weighted by atomic mass is 10.2. The standard InChI is InChI=1S/C12H19FN4/c1-3-10-11(13)12(16-8-15-10)17(4-2)9-5-6-14-7-9/h8-9,14H,3-7H2,1-2H3. The van der Waals surface area contributed by atoms with Crippen molar-refractivity contribution < 1.29 is 4.39 Å². The van der Waals surface area contributed by atoms with Crippen LogP contribution in [0.4, 0.5) is 10.2 Å². The minimum atomic E-state index is -0.260. The van der Waals surface area contributed by atoms with Gasteiger partial charge in [0, 0.05) is 19.1 Å². The topological polar surface area (TPSA) is 41.1 Å². The summed E-state index contributed by atoms with van der Waals surface area (Å²) in [6.07, 6.45) is 3.10. The van der Waals surface area contributed by atoms with Gasteiger partial charge in [-0.15, -0.1) is 0 Å². The highest BCUT2D eigenvalue weighted by atomic mass is 19.1. The molecular formula is C12H19FN4. The summed E-state index contributed by atoms with van der Waals surface area (Å²) in [7, 11) is 0. The zero-order chi connectivity index (χ0) is 12.3. The molecule has 1 unspecified atom stereocenters. The summed E-state index contributed by atoms with van der Waals surface area (Å²) in [6.45, 7) is 6.60. The number of nitrogens with zero attached hydrogens (tertiary/aromatic N) is 3. The Labute approximate surface area is 101 Å². The van der Waals surface area contributed by atoms with E-state index in [2.05, 4.69) is 15.3 Å². The van der Waals surface area contributed by atoms with E-state index in [-0.39, 0.29) is 5.82 Å². The SMILES string of the molecule is CCc1ncnc(N(CC)C2CCNC2)c1F. The highest BCUT2D eigenvalue weighted by molar-refractivity contribution is 5.42. The fourth-order valence-electron chi connectivity index (χ4n) is 2.33. The van der Waals surface area contributed by atoms with Crippen molar-refractivity contribution >= 4 is 5.82 Å². The average Bonchev–Trinajstić information content (AvgIpc) is 2.86.